The number of aliphatic hydroxyl groups is 1. The Kier molecular flexibility index (Phi) is 3.67. The smallest absolute Gasteiger partial charge is 0.229 e. The Hall–Kier alpha value is -1.11. The highest BCUT2D eigenvalue weighted by molar-refractivity contribution is 7.92. The molecule has 0 saturated carbocycles. The van der Waals surface area contributed by atoms with E-state index in [-0.39, 0.29) is 6.54 Å². The van der Waals surface area contributed by atoms with Crippen molar-refractivity contribution >= 4 is 15.7 Å². The van der Waals surface area contributed by atoms with Gasteiger partial charge in [-0.25, -0.2) is 8.42 Å². The highest BCUT2D eigenvalue weighted by atomic mass is 32.2. The molecular weight excluding hydrogens is 216 g/mol. The molecule has 0 radical (unpaired) electrons. The molecule has 0 heterocycles. The molecule has 0 bridgehead atoms. The molecule has 0 aromatic heterocycles. The number of rotatable bonds is 4. The summed E-state index contributed by atoms with van der Waals surface area (Å²) in [4.78, 5) is 0. The van der Waals surface area contributed by atoms with E-state index in [9.17, 15) is 13.5 Å². The first-order valence-corrected chi connectivity index (χ1v) is 6.28. The minimum Gasteiger partial charge on any atom is -0.387 e. The molecule has 0 aliphatic rings. The van der Waals surface area contributed by atoms with Crippen molar-refractivity contribution in [1.82, 2.24) is 0 Å². The molecule has 6 heteroatoms. The van der Waals surface area contributed by atoms with Gasteiger partial charge in [-0.2, -0.15) is 0 Å². The number of aliphatic hydroxyl groups excluding tert-OH is 1. The molecule has 0 fully saturated rings. The molecule has 0 saturated heterocycles. The molecule has 0 amide bonds. The molecule has 1 rings (SSSR count). The van der Waals surface area contributed by atoms with Crippen molar-refractivity contribution in [2.45, 2.75) is 6.10 Å². The largest absolute Gasteiger partial charge is 0.387 e. The summed E-state index contributed by atoms with van der Waals surface area (Å²) in [6.07, 6.45) is 0.189. The summed E-state index contributed by atoms with van der Waals surface area (Å²) in [6, 6.07) is 6.60. The first kappa shape index (κ1) is 12.0. The molecule has 0 aliphatic heterocycles. The fraction of sp³-hybridized carbons (Fsp3) is 0.333. The lowest BCUT2D eigenvalue weighted by molar-refractivity contribution is 0.187. The summed E-state index contributed by atoms with van der Waals surface area (Å²) in [5, 5.41) is 9.55. The van der Waals surface area contributed by atoms with E-state index in [4.69, 9.17) is 5.73 Å². The summed E-state index contributed by atoms with van der Waals surface area (Å²) >= 11 is 0. The van der Waals surface area contributed by atoms with Gasteiger partial charge in [-0.1, -0.05) is 18.2 Å². The molecule has 1 aromatic carbocycles. The minimum atomic E-state index is -3.34. The molecule has 1 aromatic rings. The molecule has 15 heavy (non-hydrogen) atoms. The molecule has 4 N–H and O–H groups in total. The van der Waals surface area contributed by atoms with Crippen LogP contribution in [0.15, 0.2) is 24.3 Å². The maximum absolute atomic E-state index is 11.0. The number of nitrogens with one attached hydrogen (secondary N) is 1. The fourth-order valence-corrected chi connectivity index (χ4v) is 1.79. The second kappa shape index (κ2) is 4.61. The Morgan fingerprint density at radius 3 is 2.60 bits per heavy atom. The average molecular weight is 230 g/mol. The van der Waals surface area contributed by atoms with Crippen molar-refractivity contribution in [1.29, 1.82) is 0 Å². The van der Waals surface area contributed by atoms with Crippen LogP contribution in [0.3, 0.4) is 0 Å². The van der Waals surface area contributed by atoms with Gasteiger partial charge in [0.25, 0.3) is 0 Å². The SMILES string of the molecule is CS(=O)(=O)Nc1ccccc1C(O)CN. The summed E-state index contributed by atoms with van der Waals surface area (Å²) in [7, 11) is -3.34. The van der Waals surface area contributed by atoms with Crippen molar-refractivity contribution in [3.8, 4) is 0 Å². The van der Waals surface area contributed by atoms with E-state index in [0.29, 0.717) is 11.3 Å². The average Bonchev–Trinajstić information content (AvgIpc) is 2.15. The van der Waals surface area contributed by atoms with Gasteiger partial charge in [0.2, 0.25) is 10.0 Å². The van der Waals surface area contributed by atoms with Crippen molar-refractivity contribution in [2.75, 3.05) is 17.5 Å². The minimum absolute atomic E-state index is 0.0441. The lowest BCUT2D eigenvalue weighted by Gasteiger charge is -2.14. The van der Waals surface area contributed by atoms with E-state index in [1.165, 1.54) is 0 Å². The van der Waals surface area contributed by atoms with Crippen LogP contribution in [0.4, 0.5) is 5.69 Å². The van der Waals surface area contributed by atoms with Gasteiger partial charge >= 0.3 is 0 Å². The monoisotopic (exact) mass is 230 g/mol. The summed E-state index contributed by atoms with van der Waals surface area (Å²) in [5.74, 6) is 0. The predicted molar refractivity (Wildman–Crippen MR) is 58.9 cm³/mol. The van der Waals surface area contributed by atoms with Crippen LogP contribution < -0.4 is 10.5 Å². The van der Waals surface area contributed by atoms with Crippen molar-refractivity contribution in [3.63, 3.8) is 0 Å². The third-order valence-corrected chi connectivity index (χ3v) is 2.43. The third-order valence-electron chi connectivity index (χ3n) is 1.84. The Balaban J connectivity index is 3.07. The summed E-state index contributed by atoms with van der Waals surface area (Å²) in [5.41, 5.74) is 6.15. The Bertz CT molecular complexity index is 431. The van der Waals surface area contributed by atoms with E-state index in [1.54, 1.807) is 24.3 Å². The Labute approximate surface area is 89.0 Å². The van der Waals surface area contributed by atoms with Crippen LogP contribution in [-0.4, -0.2) is 26.3 Å². The highest BCUT2D eigenvalue weighted by Gasteiger charge is 2.12. The Morgan fingerprint density at radius 2 is 2.07 bits per heavy atom. The molecule has 0 aliphatic carbocycles. The van der Waals surface area contributed by atoms with Gasteiger partial charge in [0.1, 0.15) is 0 Å². The second-order valence-corrected chi connectivity index (χ2v) is 4.96. The lowest BCUT2D eigenvalue weighted by Crippen LogP contribution is -2.16. The van der Waals surface area contributed by atoms with Gasteiger partial charge in [0.05, 0.1) is 18.0 Å². The number of hydrogen-bond acceptors (Lipinski definition) is 4. The maximum atomic E-state index is 11.0. The van der Waals surface area contributed by atoms with Crippen LogP contribution in [0.5, 0.6) is 0 Å². The second-order valence-electron chi connectivity index (χ2n) is 3.21. The van der Waals surface area contributed by atoms with Crippen LogP contribution >= 0.6 is 0 Å². The van der Waals surface area contributed by atoms with Crippen LogP contribution in [0.2, 0.25) is 0 Å². The van der Waals surface area contributed by atoms with Gasteiger partial charge < -0.3 is 10.8 Å². The standard InChI is InChI=1S/C9H14N2O3S/c1-15(13,14)11-8-5-3-2-4-7(8)9(12)6-10/h2-5,9,11-12H,6,10H2,1H3. The van der Waals surface area contributed by atoms with Crippen molar-refractivity contribution < 1.29 is 13.5 Å². The Morgan fingerprint density at radius 1 is 1.47 bits per heavy atom. The van der Waals surface area contributed by atoms with Crippen molar-refractivity contribution in [3.05, 3.63) is 29.8 Å². The molecular formula is C9H14N2O3S. The number of benzene rings is 1. The highest BCUT2D eigenvalue weighted by Crippen LogP contribution is 2.22. The van der Waals surface area contributed by atoms with Gasteiger partial charge in [-0.05, 0) is 6.07 Å². The van der Waals surface area contributed by atoms with Crippen LogP contribution in [0, 0.1) is 0 Å². The normalized spacial score (nSPS) is 13.5. The number of para-hydroxylation sites is 1. The van der Waals surface area contributed by atoms with Gasteiger partial charge in [0.15, 0.2) is 0 Å². The van der Waals surface area contributed by atoms with E-state index in [2.05, 4.69) is 4.72 Å². The fourth-order valence-electron chi connectivity index (χ4n) is 1.21. The van der Waals surface area contributed by atoms with E-state index >= 15 is 0 Å². The lowest BCUT2D eigenvalue weighted by atomic mass is 10.1. The number of anilines is 1. The predicted octanol–water partition coefficient (Wildman–Crippen LogP) is 0.0502. The quantitative estimate of drug-likeness (QED) is 0.681. The molecule has 84 valence electrons. The van der Waals surface area contributed by atoms with E-state index in [0.717, 1.165) is 6.26 Å². The number of nitrogens with two attached hydrogens (primary N) is 1. The summed E-state index contributed by atoms with van der Waals surface area (Å²) < 4.78 is 24.4. The number of hydrogen-bond donors (Lipinski definition) is 3. The topological polar surface area (TPSA) is 92.4 Å². The van der Waals surface area contributed by atoms with Gasteiger partial charge in [-0.3, -0.25) is 4.72 Å². The molecule has 1 atom stereocenters. The first-order chi connectivity index (χ1) is 6.94. The zero-order valence-corrected chi connectivity index (χ0v) is 9.16. The van der Waals surface area contributed by atoms with Crippen molar-refractivity contribution in [2.24, 2.45) is 5.73 Å². The van der Waals surface area contributed by atoms with Crippen LogP contribution in [-0.2, 0) is 10.0 Å². The zero-order chi connectivity index (χ0) is 11.5. The van der Waals surface area contributed by atoms with Gasteiger partial charge in [0, 0.05) is 12.1 Å². The molecule has 1 unspecified atom stereocenters. The summed E-state index contributed by atoms with van der Waals surface area (Å²) in [6.45, 7) is 0.0441. The number of sulfonamides is 1. The van der Waals surface area contributed by atoms with Gasteiger partial charge in [-0.15, -0.1) is 0 Å². The molecule has 5 nitrogen and oxygen atoms in total. The van der Waals surface area contributed by atoms with E-state index < -0.39 is 16.1 Å². The van der Waals surface area contributed by atoms with Crippen LogP contribution in [0.25, 0.3) is 0 Å². The van der Waals surface area contributed by atoms with Crippen LogP contribution in [0.1, 0.15) is 11.7 Å². The first-order valence-electron chi connectivity index (χ1n) is 4.39. The molecule has 0 spiro atoms. The zero-order valence-electron chi connectivity index (χ0n) is 8.34. The maximum Gasteiger partial charge on any atom is 0.229 e. The van der Waals surface area contributed by atoms with E-state index in [1.807, 2.05) is 0 Å². The third kappa shape index (κ3) is 3.50.